The van der Waals surface area contributed by atoms with Gasteiger partial charge in [0.2, 0.25) is 5.91 Å². The van der Waals surface area contributed by atoms with Crippen molar-refractivity contribution >= 4 is 17.5 Å². The summed E-state index contributed by atoms with van der Waals surface area (Å²) in [5, 5.41) is 15.3. The lowest BCUT2D eigenvalue weighted by Gasteiger charge is -2.31. The fourth-order valence-corrected chi connectivity index (χ4v) is 3.37. The van der Waals surface area contributed by atoms with E-state index < -0.39 is 5.54 Å². The van der Waals surface area contributed by atoms with Crippen molar-refractivity contribution in [2.24, 2.45) is 11.8 Å². The highest BCUT2D eigenvalue weighted by Crippen LogP contribution is 2.38. The zero-order chi connectivity index (χ0) is 17.2. The van der Waals surface area contributed by atoms with Gasteiger partial charge in [0.25, 0.3) is 5.91 Å². The summed E-state index contributed by atoms with van der Waals surface area (Å²) in [6.07, 6.45) is 5.36. The van der Waals surface area contributed by atoms with Crippen molar-refractivity contribution in [2.75, 3.05) is 5.32 Å². The lowest BCUT2D eigenvalue weighted by atomic mass is 9.82. The molecule has 0 bridgehead atoms. The molecule has 2 aliphatic carbocycles. The van der Waals surface area contributed by atoms with Crippen LogP contribution in [0.1, 0.15) is 55.8 Å². The quantitative estimate of drug-likeness (QED) is 0.891. The number of anilines is 1. The fraction of sp³-hybridized carbons (Fsp3) is 0.526. The van der Waals surface area contributed by atoms with Gasteiger partial charge in [-0.15, -0.1) is 0 Å². The topological polar surface area (TPSA) is 82.0 Å². The normalized spacial score (nSPS) is 24.5. The maximum atomic E-state index is 12.5. The third-order valence-corrected chi connectivity index (χ3v) is 5.11. The molecule has 1 aromatic rings. The third kappa shape index (κ3) is 3.59. The van der Waals surface area contributed by atoms with Crippen molar-refractivity contribution in [1.82, 2.24) is 5.32 Å². The van der Waals surface area contributed by atoms with E-state index in [2.05, 4.69) is 23.6 Å². The Balaban J connectivity index is 1.67. The SMILES string of the molecule is CC1CC1C(=O)Nc1cccc(C(=O)NC2(C#N)CCCCC2)c1. The molecule has 5 heteroatoms. The summed E-state index contributed by atoms with van der Waals surface area (Å²) in [7, 11) is 0. The summed E-state index contributed by atoms with van der Waals surface area (Å²) in [4.78, 5) is 24.6. The Hall–Kier alpha value is -2.35. The molecule has 24 heavy (non-hydrogen) atoms. The maximum absolute atomic E-state index is 12.5. The summed E-state index contributed by atoms with van der Waals surface area (Å²) in [6.45, 7) is 2.06. The zero-order valence-corrected chi connectivity index (χ0v) is 14.0. The van der Waals surface area contributed by atoms with E-state index in [1.165, 1.54) is 0 Å². The number of carbonyl (C=O) groups is 2. The van der Waals surface area contributed by atoms with E-state index in [1.54, 1.807) is 24.3 Å². The summed E-state index contributed by atoms with van der Waals surface area (Å²) in [5.74, 6) is 0.292. The summed E-state index contributed by atoms with van der Waals surface area (Å²) < 4.78 is 0. The van der Waals surface area contributed by atoms with Gasteiger partial charge in [0.15, 0.2) is 0 Å². The van der Waals surface area contributed by atoms with Crippen LogP contribution in [0, 0.1) is 23.2 Å². The van der Waals surface area contributed by atoms with Gasteiger partial charge in [0.05, 0.1) is 6.07 Å². The fourth-order valence-electron chi connectivity index (χ4n) is 3.37. The van der Waals surface area contributed by atoms with Crippen molar-refractivity contribution in [3.05, 3.63) is 29.8 Å². The van der Waals surface area contributed by atoms with Gasteiger partial charge < -0.3 is 10.6 Å². The van der Waals surface area contributed by atoms with Crippen molar-refractivity contribution < 1.29 is 9.59 Å². The maximum Gasteiger partial charge on any atom is 0.252 e. The first-order chi connectivity index (χ1) is 11.5. The first-order valence-electron chi connectivity index (χ1n) is 8.68. The van der Waals surface area contributed by atoms with Gasteiger partial charge in [-0.1, -0.05) is 32.3 Å². The van der Waals surface area contributed by atoms with Crippen LogP contribution in [0.3, 0.4) is 0 Å². The Morgan fingerprint density at radius 3 is 2.58 bits per heavy atom. The average Bonchev–Trinajstić information content (AvgIpc) is 3.33. The highest BCUT2D eigenvalue weighted by molar-refractivity contribution is 5.98. The minimum absolute atomic E-state index is 0.0147. The van der Waals surface area contributed by atoms with Crippen LogP contribution in [0.4, 0.5) is 5.69 Å². The molecule has 0 heterocycles. The minimum atomic E-state index is -0.752. The molecule has 0 aromatic heterocycles. The summed E-state index contributed by atoms with van der Waals surface area (Å²) in [6, 6.07) is 9.20. The molecule has 1 aromatic carbocycles. The number of hydrogen-bond donors (Lipinski definition) is 2. The van der Waals surface area contributed by atoms with Crippen molar-refractivity contribution in [1.29, 1.82) is 5.26 Å². The molecule has 2 atom stereocenters. The second-order valence-electron chi connectivity index (χ2n) is 7.10. The van der Waals surface area contributed by atoms with Gasteiger partial charge in [0, 0.05) is 17.2 Å². The van der Waals surface area contributed by atoms with Crippen LogP contribution in [0.5, 0.6) is 0 Å². The molecule has 2 saturated carbocycles. The number of hydrogen-bond acceptors (Lipinski definition) is 3. The van der Waals surface area contributed by atoms with E-state index in [9.17, 15) is 14.9 Å². The molecule has 5 nitrogen and oxygen atoms in total. The minimum Gasteiger partial charge on any atom is -0.334 e. The van der Waals surface area contributed by atoms with Crippen LogP contribution >= 0.6 is 0 Å². The Labute approximate surface area is 142 Å². The first-order valence-corrected chi connectivity index (χ1v) is 8.68. The van der Waals surface area contributed by atoms with Gasteiger partial charge in [0.1, 0.15) is 5.54 Å². The van der Waals surface area contributed by atoms with Gasteiger partial charge in [-0.2, -0.15) is 5.26 Å². The number of carbonyl (C=O) groups excluding carboxylic acids is 2. The third-order valence-electron chi connectivity index (χ3n) is 5.11. The van der Waals surface area contributed by atoms with Gasteiger partial charge in [-0.05, 0) is 43.4 Å². The molecular weight excluding hydrogens is 302 g/mol. The molecular formula is C19H23N3O2. The predicted octanol–water partition coefficient (Wildman–Crippen LogP) is 3.24. The second kappa shape index (κ2) is 6.64. The van der Waals surface area contributed by atoms with E-state index in [0.29, 0.717) is 30.0 Å². The molecule has 3 rings (SSSR count). The Bertz CT molecular complexity index is 686. The molecule has 0 spiro atoms. The highest BCUT2D eigenvalue weighted by atomic mass is 16.2. The lowest BCUT2D eigenvalue weighted by molar-refractivity contribution is -0.117. The predicted molar refractivity (Wildman–Crippen MR) is 91.2 cm³/mol. The molecule has 0 aliphatic heterocycles. The van der Waals surface area contributed by atoms with Crippen LogP contribution in [0.2, 0.25) is 0 Å². The molecule has 0 radical (unpaired) electrons. The first kappa shape index (κ1) is 16.5. The molecule has 2 amide bonds. The van der Waals surface area contributed by atoms with Crippen molar-refractivity contribution in [2.45, 2.75) is 51.0 Å². The van der Waals surface area contributed by atoms with E-state index in [-0.39, 0.29) is 17.7 Å². The number of rotatable bonds is 4. The van der Waals surface area contributed by atoms with Gasteiger partial charge in [-0.25, -0.2) is 0 Å². The summed E-state index contributed by atoms with van der Waals surface area (Å²) in [5.41, 5.74) is 0.344. The molecule has 0 saturated heterocycles. The number of nitrogens with one attached hydrogen (secondary N) is 2. The highest BCUT2D eigenvalue weighted by Gasteiger charge is 2.39. The van der Waals surface area contributed by atoms with Crippen LogP contribution in [-0.4, -0.2) is 17.4 Å². The van der Waals surface area contributed by atoms with Crippen LogP contribution < -0.4 is 10.6 Å². The molecule has 2 aliphatic rings. The average molecular weight is 325 g/mol. The zero-order valence-electron chi connectivity index (χ0n) is 14.0. The number of amides is 2. The van der Waals surface area contributed by atoms with E-state index >= 15 is 0 Å². The molecule has 2 N–H and O–H groups in total. The lowest BCUT2D eigenvalue weighted by Crippen LogP contribution is -2.48. The van der Waals surface area contributed by atoms with Crippen LogP contribution in [0.15, 0.2) is 24.3 Å². The molecule has 2 unspecified atom stereocenters. The largest absolute Gasteiger partial charge is 0.334 e. The van der Waals surface area contributed by atoms with Crippen LogP contribution in [0.25, 0.3) is 0 Å². The van der Waals surface area contributed by atoms with E-state index in [1.807, 2.05) is 0 Å². The van der Waals surface area contributed by atoms with Crippen molar-refractivity contribution in [3.8, 4) is 6.07 Å². The Morgan fingerprint density at radius 2 is 1.96 bits per heavy atom. The van der Waals surface area contributed by atoms with Gasteiger partial charge in [-0.3, -0.25) is 9.59 Å². The summed E-state index contributed by atoms with van der Waals surface area (Å²) >= 11 is 0. The van der Waals surface area contributed by atoms with Crippen LogP contribution in [-0.2, 0) is 4.79 Å². The standard InChI is InChI=1S/C19H23N3O2/c1-13-10-16(13)18(24)21-15-7-5-6-14(11-15)17(23)22-19(12-20)8-3-2-4-9-19/h5-7,11,13,16H,2-4,8-10H2,1H3,(H,21,24)(H,22,23). The Morgan fingerprint density at radius 1 is 1.25 bits per heavy atom. The molecule has 2 fully saturated rings. The molecule has 126 valence electrons. The van der Waals surface area contributed by atoms with Crippen molar-refractivity contribution in [3.63, 3.8) is 0 Å². The van der Waals surface area contributed by atoms with E-state index in [4.69, 9.17) is 0 Å². The number of benzene rings is 1. The van der Waals surface area contributed by atoms with Gasteiger partial charge >= 0.3 is 0 Å². The Kier molecular flexibility index (Phi) is 4.57. The second-order valence-corrected chi connectivity index (χ2v) is 7.10. The number of nitrogens with zero attached hydrogens (tertiary/aromatic N) is 1. The van der Waals surface area contributed by atoms with E-state index in [0.717, 1.165) is 25.7 Å². The monoisotopic (exact) mass is 325 g/mol. The smallest absolute Gasteiger partial charge is 0.252 e. The number of nitriles is 1.